The largest absolute Gasteiger partial charge is 0.466 e. The van der Waals surface area contributed by atoms with Crippen LogP contribution in [0.25, 0.3) is 0 Å². The van der Waals surface area contributed by atoms with Crippen LogP contribution in [0, 0.1) is 0 Å². The summed E-state index contributed by atoms with van der Waals surface area (Å²) in [5.41, 5.74) is 0. The Morgan fingerprint density at radius 3 is 2.57 bits per heavy atom. The predicted octanol–water partition coefficient (Wildman–Crippen LogP) is -1.95. The molecule has 1 aliphatic heterocycles. The molecule has 3 N–H and O–H groups in total. The topological polar surface area (TPSA) is 117 Å². The molecule has 0 aromatic carbocycles. The number of hydrogen-bond acceptors (Lipinski definition) is 8. The number of esters is 2. The minimum atomic E-state index is -1.03. The number of carbonyl (C=O) groups is 2. The van der Waals surface area contributed by atoms with Gasteiger partial charge in [0.25, 0.3) is 0 Å². The van der Waals surface area contributed by atoms with Crippen molar-refractivity contribution in [2.75, 3.05) is 33.4 Å². The molecular weight excluding hydrogens is 282 g/mol. The minimum absolute atomic E-state index is 0.0453. The van der Waals surface area contributed by atoms with Gasteiger partial charge in [0.05, 0.1) is 32.0 Å². The van der Waals surface area contributed by atoms with Crippen molar-refractivity contribution in [3.63, 3.8) is 0 Å². The Morgan fingerprint density at radius 1 is 1.29 bits per heavy atom. The van der Waals surface area contributed by atoms with Gasteiger partial charge in [-0.1, -0.05) is 0 Å². The van der Waals surface area contributed by atoms with Crippen molar-refractivity contribution in [2.45, 2.75) is 24.7 Å². The van der Waals surface area contributed by atoms with Gasteiger partial charge in [-0.3, -0.25) is 4.90 Å². The smallest absolute Gasteiger partial charge is 0.331 e. The van der Waals surface area contributed by atoms with E-state index in [-0.39, 0.29) is 13.2 Å². The van der Waals surface area contributed by atoms with Gasteiger partial charge in [0.2, 0.25) is 0 Å². The van der Waals surface area contributed by atoms with Crippen LogP contribution in [-0.4, -0.2) is 83.8 Å². The van der Waals surface area contributed by atoms with E-state index >= 15 is 0 Å². The van der Waals surface area contributed by atoms with Crippen molar-refractivity contribution >= 4 is 11.9 Å². The third-order valence-electron chi connectivity index (χ3n) is 3.34. The highest BCUT2D eigenvalue weighted by Gasteiger charge is 2.35. The maximum atomic E-state index is 11.3. The summed E-state index contributed by atoms with van der Waals surface area (Å²) in [4.78, 5) is 23.8. The van der Waals surface area contributed by atoms with Crippen molar-refractivity contribution in [3.05, 3.63) is 12.2 Å². The summed E-state index contributed by atoms with van der Waals surface area (Å²) in [5, 5.41) is 28.5. The number of likely N-dealkylation sites (tertiary alicyclic amines) is 1. The zero-order valence-electron chi connectivity index (χ0n) is 11.8. The van der Waals surface area contributed by atoms with Crippen LogP contribution in [0.2, 0.25) is 0 Å². The van der Waals surface area contributed by atoms with Crippen LogP contribution in [-0.2, 0) is 19.1 Å². The summed E-state index contributed by atoms with van der Waals surface area (Å²) in [6.07, 6.45) is 0.417. The molecule has 21 heavy (non-hydrogen) atoms. The molecule has 0 bridgehead atoms. The number of aliphatic hydroxyl groups excluding tert-OH is 3. The molecule has 120 valence electrons. The molecule has 3 atom stereocenters. The zero-order chi connectivity index (χ0) is 15.8. The van der Waals surface area contributed by atoms with E-state index in [1.165, 1.54) is 7.11 Å². The van der Waals surface area contributed by atoms with Gasteiger partial charge >= 0.3 is 11.9 Å². The number of carbonyl (C=O) groups excluding carboxylic acids is 2. The number of hydrogen-bond donors (Lipinski definition) is 3. The van der Waals surface area contributed by atoms with Crippen LogP contribution in [0.15, 0.2) is 12.2 Å². The average molecular weight is 303 g/mol. The maximum absolute atomic E-state index is 11.3. The van der Waals surface area contributed by atoms with Crippen LogP contribution in [0.5, 0.6) is 0 Å². The Bertz CT molecular complexity index is 385. The number of rotatable bonds is 6. The molecule has 0 saturated carbocycles. The Hall–Kier alpha value is -1.48. The van der Waals surface area contributed by atoms with Gasteiger partial charge < -0.3 is 24.8 Å². The quantitative estimate of drug-likeness (QED) is 0.383. The molecular formula is C13H21NO7. The molecule has 1 rings (SSSR count). The SMILES string of the molecule is COC(=O)/C=C/C(=O)OCCN1CC[C@@H](O)[C@H](O)[C@H]1CO. The third kappa shape index (κ3) is 5.43. The van der Waals surface area contributed by atoms with Crippen LogP contribution in [0.3, 0.4) is 0 Å². The Morgan fingerprint density at radius 2 is 1.95 bits per heavy atom. The van der Waals surface area contributed by atoms with Crippen molar-refractivity contribution < 1.29 is 34.4 Å². The van der Waals surface area contributed by atoms with Crippen LogP contribution >= 0.6 is 0 Å². The Kier molecular flexibility index (Phi) is 7.30. The highest BCUT2D eigenvalue weighted by molar-refractivity contribution is 5.91. The monoisotopic (exact) mass is 303 g/mol. The van der Waals surface area contributed by atoms with Crippen molar-refractivity contribution in [3.8, 4) is 0 Å². The highest BCUT2D eigenvalue weighted by atomic mass is 16.5. The van der Waals surface area contributed by atoms with Crippen molar-refractivity contribution in [1.29, 1.82) is 0 Å². The second-order valence-corrected chi connectivity index (χ2v) is 4.66. The van der Waals surface area contributed by atoms with Gasteiger partial charge in [-0.25, -0.2) is 9.59 Å². The summed E-state index contributed by atoms with van der Waals surface area (Å²) in [7, 11) is 1.20. The number of piperidine rings is 1. The van der Waals surface area contributed by atoms with E-state index in [0.717, 1.165) is 12.2 Å². The van der Waals surface area contributed by atoms with Gasteiger partial charge in [-0.15, -0.1) is 0 Å². The molecule has 0 aliphatic carbocycles. The first-order valence-electron chi connectivity index (χ1n) is 6.63. The molecule has 0 aromatic heterocycles. The summed E-state index contributed by atoms with van der Waals surface area (Å²) in [5.74, 6) is -1.33. The molecule has 8 heteroatoms. The first kappa shape index (κ1) is 17.6. The van der Waals surface area contributed by atoms with E-state index in [2.05, 4.69) is 4.74 Å². The van der Waals surface area contributed by atoms with E-state index in [0.29, 0.717) is 19.5 Å². The first-order valence-corrected chi connectivity index (χ1v) is 6.63. The summed E-state index contributed by atoms with van der Waals surface area (Å²) < 4.78 is 9.22. The number of methoxy groups -OCH3 is 1. The van der Waals surface area contributed by atoms with E-state index in [1.54, 1.807) is 4.90 Å². The fraction of sp³-hybridized carbons (Fsp3) is 0.692. The van der Waals surface area contributed by atoms with Crippen molar-refractivity contribution in [2.24, 2.45) is 0 Å². The molecule has 1 heterocycles. The van der Waals surface area contributed by atoms with Gasteiger partial charge in [0.1, 0.15) is 6.61 Å². The standard InChI is InChI=1S/C13H21NO7/c1-20-11(17)2-3-12(18)21-7-6-14-5-4-10(16)13(19)9(14)8-15/h2-3,9-10,13,15-16,19H,4-8H2,1H3/b3-2+/t9-,10-,13-/m1/s1. The van der Waals surface area contributed by atoms with E-state index in [1.807, 2.05) is 0 Å². The molecule has 8 nitrogen and oxygen atoms in total. The molecule has 1 fully saturated rings. The molecule has 0 amide bonds. The average Bonchev–Trinajstić information content (AvgIpc) is 2.48. The van der Waals surface area contributed by atoms with E-state index in [9.17, 15) is 24.9 Å². The van der Waals surface area contributed by atoms with Crippen LogP contribution < -0.4 is 0 Å². The summed E-state index contributed by atoms with van der Waals surface area (Å²) >= 11 is 0. The second-order valence-electron chi connectivity index (χ2n) is 4.66. The number of nitrogens with zero attached hydrogens (tertiary/aromatic N) is 1. The maximum Gasteiger partial charge on any atom is 0.331 e. The fourth-order valence-corrected chi connectivity index (χ4v) is 2.12. The number of aliphatic hydroxyl groups is 3. The lowest BCUT2D eigenvalue weighted by Crippen LogP contribution is -2.57. The Balaban J connectivity index is 2.36. The minimum Gasteiger partial charge on any atom is -0.466 e. The molecule has 0 radical (unpaired) electrons. The fourth-order valence-electron chi connectivity index (χ4n) is 2.12. The lowest BCUT2D eigenvalue weighted by molar-refractivity contribution is -0.141. The van der Waals surface area contributed by atoms with E-state index < -0.39 is 30.2 Å². The third-order valence-corrected chi connectivity index (χ3v) is 3.34. The van der Waals surface area contributed by atoms with Crippen molar-refractivity contribution in [1.82, 2.24) is 4.90 Å². The lowest BCUT2D eigenvalue weighted by atomic mass is 9.96. The second kappa shape index (κ2) is 8.73. The molecule has 1 aliphatic rings. The first-order chi connectivity index (χ1) is 9.99. The van der Waals surface area contributed by atoms with Crippen LogP contribution in [0.1, 0.15) is 6.42 Å². The number of ether oxygens (including phenoxy) is 2. The molecule has 1 saturated heterocycles. The Labute approximate surface area is 122 Å². The van der Waals surface area contributed by atoms with Gasteiger partial charge in [-0.05, 0) is 6.42 Å². The van der Waals surface area contributed by atoms with Gasteiger partial charge in [-0.2, -0.15) is 0 Å². The summed E-state index contributed by atoms with van der Waals surface area (Å²) in [6, 6.07) is -0.585. The highest BCUT2D eigenvalue weighted by Crippen LogP contribution is 2.17. The predicted molar refractivity (Wildman–Crippen MR) is 71.2 cm³/mol. The zero-order valence-corrected chi connectivity index (χ0v) is 11.8. The van der Waals surface area contributed by atoms with Gasteiger partial charge in [0.15, 0.2) is 0 Å². The summed E-state index contributed by atoms with van der Waals surface area (Å²) in [6.45, 7) is 0.546. The lowest BCUT2D eigenvalue weighted by Gasteiger charge is -2.40. The van der Waals surface area contributed by atoms with Crippen LogP contribution in [0.4, 0.5) is 0 Å². The normalized spacial score (nSPS) is 26.8. The van der Waals surface area contributed by atoms with Gasteiger partial charge in [0, 0.05) is 25.2 Å². The molecule has 0 unspecified atom stereocenters. The molecule has 0 aromatic rings. The van der Waals surface area contributed by atoms with E-state index in [4.69, 9.17) is 4.74 Å². The molecule has 0 spiro atoms.